The summed E-state index contributed by atoms with van der Waals surface area (Å²) in [4.78, 5) is 60.7. The van der Waals surface area contributed by atoms with E-state index in [1.165, 1.54) is 53.2 Å². The third kappa shape index (κ3) is 9.48. The third-order valence-electron chi connectivity index (χ3n) is 12.8. The van der Waals surface area contributed by atoms with Gasteiger partial charge in [0.25, 0.3) is 11.7 Å². The zero-order valence-corrected chi connectivity index (χ0v) is 39.1. The van der Waals surface area contributed by atoms with Crippen molar-refractivity contribution in [2.75, 3.05) is 40.1 Å². The predicted octanol–water partition coefficient (Wildman–Crippen LogP) is 6.29. The van der Waals surface area contributed by atoms with E-state index in [1.54, 1.807) is 52.0 Å². The highest BCUT2D eigenvalue weighted by molar-refractivity contribution is 6.22. The van der Waals surface area contributed by atoms with Crippen molar-refractivity contribution < 1.29 is 62.7 Å². The van der Waals surface area contributed by atoms with Gasteiger partial charge in [0.15, 0.2) is 11.3 Å². The Kier molecular flexibility index (Phi) is 13.9. The Morgan fingerprint density at radius 1 is 0.969 bits per heavy atom. The zero-order chi connectivity index (χ0) is 48.0. The molecule has 0 unspecified atom stereocenters. The minimum atomic E-state index is -2.07. The third-order valence-corrected chi connectivity index (χ3v) is 12.8. The van der Waals surface area contributed by atoms with Crippen molar-refractivity contribution in [1.29, 1.82) is 0 Å². The van der Waals surface area contributed by atoms with E-state index in [0.29, 0.717) is 6.42 Å². The maximum absolute atomic E-state index is 14.8. The highest BCUT2D eigenvalue weighted by atomic mass is 16.7. The van der Waals surface area contributed by atoms with Crippen molar-refractivity contribution in [1.82, 2.24) is 4.98 Å². The second-order valence-electron chi connectivity index (χ2n) is 18.8. The standard InChI is InChI=1S/C49H61N3O13/c1-23-15-13-16-24(2)48(60)51-39-43(58)35-34(38-46(39)64-33-22-30(17-14-19-52(9,10)11)21-31(54)37(33)50-38)36-45(28(6)42(35)57)65-49(8,47(36)59)62-20-18-32(61-12)25(3)44(63-29(7)53)27(5)41(56)26(4)40(23)55/h13,15-16,18,20-23,25-27,32,40-41,44,55-56H,14,17,19H2,1-12H3,(H2-,50,51,54,57,58,59,60)/p+1/b15-13+,20-18+,24-16-/t23-,25+,26+,27+,32-,40-,41+,44+,49-/m0/s1. The molecule has 9 atom stereocenters. The van der Waals surface area contributed by atoms with Gasteiger partial charge in [0.1, 0.15) is 40.3 Å². The van der Waals surface area contributed by atoms with E-state index in [1.807, 2.05) is 0 Å². The number of aromatic nitrogens is 1. The number of ketones is 1. The fourth-order valence-electron chi connectivity index (χ4n) is 8.85. The summed E-state index contributed by atoms with van der Waals surface area (Å²) < 4.78 is 31.0. The van der Waals surface area contributed by atoms with Crippen molar-refractivity contribution in [3.8, 4) is 28.7 Å². The fourth-order valence-corrected chi connectivity index (χ4v) is 8.85. The number of rotatable bonds is 6. The van der Waals surface area contributed by atoms with Crippen LogP contribution in [0.3, 0.4) is 0 Å². The Labute approximate surface area is 378 Å². The smallest absolute Gasteiger partial charge is 0.312 e. The largest absolute Gasteiger partial charge is 0.507 e. The molecule has 3 heterocycles. The summed E-state index contributed by atoms with van der Waals surface area (Å²) in [5.74, 6) is -7.78. The molecule has 2 aromatic carbocycles. The van der Waals surface area contributed by atoms with E-state index in [4.69, 9.17) is 28.3 Å². The van der Waals surface area contributed by atoms with Crippen LogP contribution in [0.5, 0.6) is 17.2 Å². The second kappa shape index (κ2) is 18.6. The van der Waals surface area contributed by atoms with E-state index in [0.717, 1.165) is 23.0 Å². The van der Waals surface area contributed by atoms with Gasteiger partial charge < -0.3 is 53.6 Å². The summed E-state index contributed by atoms with van der Waals surface area (Å²) in [6, 6.07) is 3.28. The number of anilines is 1. The number of nitrogens with one attached hydrogen (secondary N) is 1. The highest BCUT2D eigenvalue weighted by Crippen LogP contribution is 2.51. The first-order valence-corrected chi connectivity index (χ1v) is 21.8. The summed E-state index contributed by atoms with van der Waals surface area (Å²) in [6.45, 7) is 13.4. The number of allylic oxidation sites excluding steroid dienone is 2. The number of aliphatic hydroxyl groups is 2. The number of nitrogens with zero attached hydrogens (tertiary/aromatic N) is 2. The number of phenols is 2. The van der Waals surface area contributed by atoms with Gasteiger partial charge in [-0.15, -0.1) is 0 Å². The number of aromatic hydroxyl groups is 2. The van der Waals surface area contributed by atoms with E-state index >= 15 is 0 Å². The van der Waals surface area contributed by atoms with E-state index in [9.17, 15) is 39.6 Å². The molecule has 5 N–H and O–H groups in total. The van der Waals surface area contributed by atoms with Gasteiger partial charge in [-0.2, -0.15) is 0 Å². The van der Waals surface area contributed by atoms with Crippen LogP contribution in [0.15, 0.2) is 57.5 Å². The first kappa shape index (κ1) is 48.6. The Morgan fingerprint density at radius 3 is 2.31 bits per heavy atom. The molecular formula is C49H62N3O13+. The molecule has 16 heteroatoms. The van der Waals surface area contributed by atoms with E-state index < -0.39 is 82.7 Å². The number of hydrogen-bond acceptors (Lipinski definition) is 14. The van der Waals surface area contributed by atoms with Crippen LogP contribution in [0, 0.1) is 30.6 Å². The number of Topliss-reactive ketones (excluding diaryl/α,β-unsaturated/α-hetero) is 1. The number of fused-ring (bicyclic) bond motifs is 2. The SMILES string of the molecule is CO[C@H]1/C=C/O[C@@]2(C)Oc3c(C)c(O)c4c(=O)c(c5oc6cc(CCC[N+](C)(C)C)cc(O)c6nc-5c4c3C2=O)NC(=O)/C(C)=C\C=C\[C@H](C)[C@H](O)[C@@H](C)[C@@H](O)[C@@H](C)[C@H](OC(C)=O)[C@@H]1C. The quantitative estimate of drug-likeness (QED) is 0.0621. The fraction of sp³-hybridized carbons (Fsp3) is 0.490. The lowest BCUT2D eigenvalue weighted by Gasteiger charge is -2.38. The minimum Gasteiger partial charge on any atom is -0.507 e. The van der Waals surface area contributed by atoms with Gasteiger partial charge in [0.05, 0.1) is 63.2 Å². The Hall–Kier alpha value is -5.81. The number of carbonyl (C=O) groups excluding carboxylic acids is 3. The summed E-state index contributed by atoms with van der Waals surface area (Å²) in [7, 11) is 7.67. The molecule has 3 aliphatic heterocycles. The van der Waals surface area contributed by atoms with Gasteiger partial charge >= 0.3 is 11.8 Å². The topological polar surface area (TPSA) is 224 Å². The van der Waals surface area contributed by atoms with Gasteiger partial charge in [-0.3, -0.25) is 19.2 Å². The van der Waals surface area contributed by atoms with Gasteiger partial charge in [0.2, 0.25) is 5.43 Å². The number of aliphatic hydroxyl groups excluding tert-OH is 2. The van der Waals surface area contributed by atoms with Crippen LogP contribution in [-0.2, 0) is 30.2 Å². The molecule has 16 nitrogen and oxygen atoms in total. The van der Waals surface area contributed by atoms with Crippen LogP contribution in [0.4, 0.5) is 5.69 Å². The summed E-state index contributed by atoms with van der Waals surface area (Å²) in [5, 5.41) is 48.4. The first-order valence-electron chi connectivity index (χ1n) is 21.8. The van der Waals surface area contributed by atoms with Gasteiger partial charge in [-0.1, -0.05) is 45.9 Å². The number of hydrogen-bond donors (Lipinski definition) is 5. The van der Waals surface area contributed by atoms with Crippen LogP contribution < -0.4 is 15.5 Å². The molecule has 4 aliphatic rings. The molecule has 0 spiro atoms. The number of aryl methyl sites for hydroxylation is 1. The molecule has 2 aromatic rings. The van der Waals surface area contributed by atoms with Crippen LogP contribution in [0.2, 0.25) is 0 Å². The normalized spacial score (nSPS) is 28.7. The molecule has 0 fully saturated rings. The van der Waals surface area contributed by atoms with Crippen molar-refractivity contribution in [2.24, 2.45) is 23.7 Å². The van der Waals surface area contributed by atoms with Crippen molar-refractivity contribution in [3.05, 3.63) is 75.2 Å². The summed E-state index contributed by atoms with van der Waals surface area (Å²) >= 11 is 0. The van der Waals surface area contributed by atoms with E-state index in [2.05, 4.69) is 26.5 Å². The lowest BCUT2D eigenvalue weighted by molar-refractivity contribution is -0.870. The number of esters is 1. The van der Waals surface area contributed by atoms with Crippen LogP contribution in [0.25, 0.3) is 33.3 Å². The lowest BCUT2D eigenvalue weighted by Crippen LogP contribution is -2.46. The highest BCUT2D eigenvalue weighted by Gasteiger charge is 2.50. The van der Waals surface area contributed by atoms with Crippen LogP contribution in [-0.4, -0.2) is 113 Å². The molecule has 1 amide bonds. The maximum atomic E-state index is 14.8. The van der Waals surface area contributed by atoms with Gasteiger partial charge in [-0.25, -0.2) is 4.98 Å². The molecule has 0 radical (unpaired) electrons. The van der Waals surface area contributed by atoms with Crippen molar-refractivity contribution in [2.45, 2.75) is 98.4 Å². The average Bonchev–Trinajstić information content (AvgIpc) is 3.50. The Bertz CT molecular complexity index is 2640. The van der Waals surface area contributed by atoms with Crippen LogP contribution in [0.1, 0.15) is 76.4 Å². The zero-order valence-electron chi connectivity index (χ0n) is 39.1. The average molecular weight is 901 g/mol. The van der Waals surface area contributed by atoms with Crippen molar-refractivity contribution in [3.63, 3.8) is 0 Å². The number of benzene rings is 3. The summed E-state index contributed by atoms with van der Waals surface area (Å²) in [5.41, 5.74) is -0.525. The molecule has 0 aromatic heterocycles. The van der Waals surface area contributed by atoms with Crippen molar-refractivity contribution >= 4 is 45.2 Å². The molecule has 0 saturated carbocycles. The molecule has 4 bridgehead atoms. The van der Waals surface area contributed by atoms with E-state index in [-0.39, 0.29) is 67.2 Å². The number of quaternary nitrogens is 1. The number of amides is 1. The molecular weight excluding hydrogens is 839 g/mol. The number of phenolic OH excluding ortho intramolecular Hbond substituents is 2. The van der Waals surface area contributed by atoms with Gasteiger partial charge in [0, 0.05) is 67.6 Å². The minimum absolute atomic E-state index is 0.000760. The predicted molar refractivity (Wildman–Crippen MR) is 244 cm³/mol. The monoisotopic (exact) mass is 900 g/mol. The Balaban J connectivity index is 1.59. The first-order chi connectivity index (χ1) is 30.4. The van der Waals surface area contributed by atoms with Gasteiger partial charge in [-0.05, 0) is 44.0 Å². The Morgan fingerprint density at radius 2 is 1.66 bits per heavy atom. The summed E-state index contributed by atoms with van der Waals surface area (Å²) in [6.07, 6.45) is 4.85. The molecule has 1 aliphatic carbocycles. The second-order valence-corrected chi connectivity index (χ2v) is 18.8. The molecule has 350 valence electrons. The molecule has 0 saturated heterocycles. The molecule has 6 rings (SSSR count). The lowest BCUT2D eigenvalue weighted by atomic mass is 9.78. The maximum Gasteiger partial charge on any atom is 0.312 e. The number of ether oxygens (including phenoxy) is 4. The van der Waals surface area contributed by atoms with Crippen LogP contribution >= 0.6 is 0 Å². The number of carbonyl (C=O) groups is 3. The molecule has 65 heavy (non-hydrogen) atoms. The number of methoxy groups -OCH3 is 1.